The number of rotatable bonds is 3. The van der Waals surface area contributed by atoms with Crippen LogP contribution in [-0.4, -0.2) is 36.4 Å². The van der Waals surface area contributed by atoms with Crippen LogP contribution in [0.2, 0.25) is 10.0 Å². The molecule has 0 radical (unpaired) electrons. The number of nitrogens with one attached hydrogen (secondary N) is 2. The quantitative estimate of drug-likeness (QED) is 0.826. The molecule has 0 unspecified atom stereocenters. The van der Waals surface area contributed by atoms with Gasteiger partial charge in [0, 0.05) is 32.9 Å². The Morgan fingerprint density at radius 1 is 1.15 bits per heavy atom. The van der Waals surface area contributed by atoms with Crippen molar-refractivity contribution in [1.82, 2.24) is 20.8 Å². The molecule has 1 aromatic carbocycles. The highest BCUT2D eigenvalue weighted by atomic mass is 35.5. The molecule has 0 aliphatic carbocycles. The Labute approximate surface area is 163 Å². The molecule has 3 rings (SSSR count). The van der Waals surface area contributed by atoms with E-state index in [0.29, 0.717) is 16.6 Å². The van der Waals surface area contributed by atoms with Crippen LogP contribution in [0.3, 0.4) is 0 Å². The van der Waals surface area contributed by atoms with Gasteiger partial charge in [-0.1, -0.05) is 29.3 Å². The fourth-order valence-corrected chi connectivity index (χ4v) is 2.83. The van der Waals surface area contributed by atoms with Gasteiger partial charge < -0.3 is 15.5 Å². The van der Waals surface area contributed by atoms with Gasteiger partial charge in [0.25, 0.3) is 0 Å². The topological polar surface area (TPSA) is 70.1 Å². The summed E-state index contributed by atoms with van der Waals surface area (Å²) in [5, 5.41) is 14.0. The van der Waals surface area contributed by atoms with E-state index in [0.717, 1.165) is 24.5 Å². The van der Waals surface area contributed by atoms with Crippen LogP contribution in [0.15, 0.2) is 36.5 Å². The normalized spacial score (nSPS) is 13.4. The molecular weight excluding hydrogens is 373 g/mol. The molecule has 1 saturated heterocycles. The number of hydrogen-bond donors (Lipinski definition) is 2. The summed E-state index contributed by atoms with van der Waals surface area (Å²) in [6.45, 7) is 2.70. The van der Waals surface area contributed by atoms with Gasteiger partial charge in [0.05, 0.1) is 10.0 Å². The van der Waals surface area contributed by atoms with Crippen molar-refractivity contribution in [2.75, 3.05) is 25.0 Å². The summed E-state index contributed by atoms with van der Waals surface area (Å²) in [5.41, 5.74) is 0.906. The Morgan fingerprint density at radius 2 is 1.92 bits per heavy atom. The highest BCUT2D eigenvalue weighted by Gasteiger charge is 2.11. The van der Waals surface area contributed by atoms with Crippen molar-refractivity contribution in [1.29, 1.82) is 0 Å². The molecule has 1 aliphatic heterocycles. The maximum absolute atomic E-state index is 10.9. The van der Waals surface area contributed by atoms with E-state index < -0.39 is 0 Å². The van der Waals surface area contributed by atoms with Crippen LogP contribution in [0, 0.1) is 0 Å². The second kappa shape index (κ2) is 10.8. The van der Waals surface area contributed by atoms with Gasteiger partial charge in [0.1, 0.15) is 0 Å². The average Bonchev–Trinajstić information content (AvgIpc) is 2.70. The fraction of sp³-hybridized carbons (Fsp3) is 0.389. The summed E-state index contributed by atoms with van der Waals surface area (Å²) < 4.78 is 0. The number of nitrogens with zero attached hydrogens (tertiary/aromatic N) is 3. The largest absolute Gasteiger partial charge is 0.355 e. The Hall–Kier alpha value is -2.05. The molecule has 2 heterocycles. The van der Waals surface area contributed by atoms with Gasteiger partial charge in [0.15, 0.2) is 5.82 Å². The SMILES string of the molecule is CNC(=O)NCc1ccc(Cl)c(Cl)c1.c1cnnc(N2CCCCC2)c1. The van der Waals surface area contributed by atoms with Crippen LogP contribution < -0.4 is 15.5 Å². The molecule has 2 N–H and O–H groups in total. The number of aromatic nitrogens is 2. The van der Waals surface area contributed by atoms with E-state index in [-0.39, 0.29) is 6.03 Å². The summed E-state index contributed by atoms with van der Waals surface area (Å²) in [6.07, 6.45) is 5.65. The number of halogens is 2. The first-order valence-corrected chi connectivity index (χ1v) is 9.28. The second-order valence-corrected chi connectivity index (χ2v) is 6.63. The third-order valence-electron chi connectivity index (χ3n) is 3.90. The van der Waals surface area contributed by atoms with E-state index in [1.165, 1.54) is 19.3 Å². The third kappa shape index (κ3) is 6.69. The number of benzene rings is 1. The number of piperidine rings is 1. The first-order valence-electron chi connectivity index (χ1n) is 8.52. The predicted molar refractivity (Wildman–Crippen MR) is 106 cm³/mol. The zero-order chi connectivity index (χ0) is 18.8. The van der Waals surface area contributed by atoms with Crippen LogP contribution in [0.1, 0.15) is 24.8 Å². The molecule has 26 heavy (non-hydrogen) atoms. The lowest BCUT2D eigenvalue weighted by Crippen LogP contribution is -2.32. The first-order chi connectivity index (χ1) is 12.6. The van der Waals surface area contributed by atoms with Gasteiger partial charge in [-0.25, -0.2) is 4.79 Å². The number of amides is 2. The molecule has 2 aromatic rings. The van der Waals surface area contributed by atoms with E-state index in [9.17, 15) is 4.79 Å². The van der Waals surface area contributed by atoms with Gasteiger partial charge in [-0.3, -0.25) is 0 Å². The Kier molecular flexibility index (Phi) is 8.44. The van der Waals surface area contributed by atoms with E-state index >= 15 is 0 Å². The molecule has 0 bridgehead atoms. The van der Waals surface area contributed by atoms with Crippen molar-refractivity contribution >= 4 is 35.1 Å². The lowest BCUT2D eigenvalue weighted by Gasteiger charge is -2.26. The number of hydrogen-bond acceptors (Lipinski definition) is 4. The monoisotopic (exact) mass is 395 g/mol. The van der Waals surface area contributed by atoms with Crippen LogP contribution in [0.5, 0.6) is 0 Å². The Balaban J connectivity index is 0.000000189. The molecule has 0 saturated carbocycles. The number of anilines is 1. The maximum Gasteiger partial charge on any atom is 0.314 e. The molecule has 2 amide bonds. The molecule has 0 spiro atoms. The molecule has 8 heteroatoms. The minimum absolute atomic E-state index is 0.226. The summed E-state index contributed by atoms with van der Waals surface area (Å²) >= 11 is 11.5. The van der Waals surface area contributed by atoms with E-state index in [4.69, 9.17) is 23.2 Å². The fourth-order valence-electron chi connectivity index (χ4n) is 2.51. The van der Waals surface area contributed by atoms with Crippen LogP contribution in [0.4, 0.5) is 10.6 Å². The molecular formula is C18H23Cl2N5O. The smallest absolute Gasteiger partial charge is 0.314 e. The number of carbonyl (C=O) groups is 1. The van der Waals surface area contributed by atoms with Gasteiger partial charge in [-0.2, -0.15) is 5.10 Å². The summed E-state index contributed by atoms with van der Waals surface area (Å²) in [5.74, 6) is 1.03. The van der Waals surface area contributed by atoms with Crippen molar-refractivity contribution < 1.29 is 4.79 Å². The molecule has 1 aliphatic rings. The van der Waals surface area contributed by atoms with E-state index in [2.05, 4.69) is 25.7 Å². The summed E-state index contributed by atoms with van der Waals surface area (Å²) in [6, 6.07) is 8.97. The van der Waals surface area contributed by atoms with Crippen molar-refractivity contribution in [2.24, 2.45) is 0 Å². The molecule has 6 nitrogen and oxygen atoms in total. The molecule has 1 fully saturated rings. The van der Waals surface area contributed by atoms with Crippen LogP contribution in [0.25, 0.3) is 0 Å². The van der Waals surface area contributed by atoms with Gasteiger partial charge in [-0.05, 0) is 49.1 Å². The van der Waals surface area contributed by atoms with Crippen LogP contribution in [-0.2, 0) is 6.54 Å². The highest BCUT2D eigenvalue weighted by molar-refractivity contribution is 6.42. The van der Waals surface area contributed by atoms with Crippen LogP contribution >= 0.6 is 23.2 Å². The Bertz CT molecular complexity index is 693. The number of carbonyl (C=O) groups excluding carboxylic acids is 1. The van der Waals surface area contributed by atoms with Gasteiger partial charge in [0.2, 0.25) is 0 Å². The van der Waals surface area contributed by atoms with Gasteiger partial charge in [-0.15, -0.1) is 5.10 Å². The lowest BCUT2D eigenvalue weighted by atomic mass is 10.1. The highest BCUT2D eigenvalue weighted by Crippen LogP contribution is 2.22. The van der Waals surface area contributed by atoms with Crippen molar-refractivity contribution in [3.05, 3.63) is 52.1 Å². The number of urea groups is 1. The van der Waals surface area contributed by atoms with E-state index in [1.807, 2.05) is 18.2 Å². The average molecular weight is 396 g/mol. The Morgan fingerprint density at radius 3 is 2.54 bits per heavy atom. The zero-order valence-electron chi connectivity index (χ0n) is 14.7. The van der Waals surface area contributed by atoms with Crippen molar-refractivity contribution in [2.45, 2.75) is 25.8 Å². The maximum atomic E-state index is 10.9. The summed E-state index contributed by atoms with van der Waals surface area (Å²) in [7, 11) is 1.56. The zero-order valence-corrected chi connectivity index (χ0v) is 16.2. The molecule has 1 aromatic heterocycles. The molecule has 140 valence electrons. The van der Waals surface area contributed by atoms with Crippen molar-refractivity contribution in [3.63, 3.8) is 0 Å². The third-order valence-corrected chi connectivity index (χ3v) is 4.64. The lowest BCUT2D eigenvalue weighted by molar-refractivity contribution is 0.242. The minimum Gasteiger partial charge on any atom is -0.355 e. The second-order valence-electron chi connectivity index (χ2n) is 5.81. The predicted octanol–water partition coefficient (Wildman–Crippen LogP) is 3.89. The van der Waals surface area contributed by atoms with Gasteiger partial charge >= 0.3 is 6.03 Å². The standard InChI is InChI=1S/C9H10Cl2N2O.C9H13N3/c1-12-9(14)13-5-6-2-3-7(10)8(11)4-6;1-2-7-12(8-3-1)9-5-4-6-10-11-9/h2-4H,5H2,1H3,(H2,12,13,14);4-6H,1-3,7-8H2. The first kappa shape index (κ1) is 20.3. The van der Waals surface area contributed by atoms with Crippen molar-refractivity contribution in [3.8, 4) is 0 Å². The summed E-state index contributed by atoms with van der Waals surface area (Å²) in [4.78, 5) is 13.2. The molecule has 0 atom stereocenters. The minimum atomic E-state index is -0.226. The van der Waals surface area contributed by atoms with E-state index in [1.54, 1.807) is 25.4 Å².